The van der Waals surface area contributed by atoms with E-state index in [1.807, 2.05) is 0 Å². The minimum Gasteiger partial charge on any atom is -0.481 e. The lowest BCUT2D eigenvalue weighted by Gasteiger charge is -2.20. The van der Waals surface area contributed by atoms with Crippen LogP contribution >= 0.6 is 0 Å². The van der Waals surface area contributed by atoms with Gasteiger partial charge in [0.15, 0.2) is 0 Å². The van der Waals surface area contributed by atoms with Gasteiger partial charge in [0.1, 0.15) is 0 Å². The van der Waals surface area contributed by atoms with Crippen LogP contribution < -0.4 is 10.1 Å². The summed E-state index contributed by atoms with van der Waals surface area (Å²) < 4.78 is 28.3. The second-order valence-electron chi connectivity index (χ2n) is 4.66. The quantitative estimate of drug-likeness (QED) is 0.796. The van der Waals surface area contributed by atoms with Crippen LogP contribution in [0.25, 0.3) is 0 Å². The Hall–Kier alpha value is -2.45. The van der Waals surface area contributed by atoms with Crippen molar-refractivity contribution in [2.45, 2.75) is 20.1 Å². The second kappa shape index (κ2) is 8.11. The fourth-order valence-electron chi connectivity index (χ4n) is 1.60. The number of amides is 2. The molecule has 1 rings (SSSR count). The van der Waals surface area contributed by atoms with E-state index in [2.05, 4.69) is 15.0 Å². The maximum absolute atomic E-state index is 12.1. The molecular formula is C13H17F2N3O4. The number of carbonyl (C=O) groups is 2. The van der Waals surface area contributed by atoms with Crippen molar-refractivity contribution in [2.24, 2.45) is 5.92 Å². The number of ether oxygens (including phenoxy) is 1. The second-order valence-corrected chi connectivity index (χ2v) is 4.66. The molecular weight excluding hydrogens is 300 g/mol. The molecule has 0 saturated heterocycles. The van der Waals surface area contributed by atoms with E-state index in [0.717, 1.165) is 0 Å². The Kier molecular flexibility index (Phi) is 6.48. The van der Waals surface area contributed by atoms with Crippen molar-refractivity contribution in [1.29, 1.82) is 0 Å². The van der Waals surface area contributed by atoms with Gasteiger partial charge >= 0.3 is 18.6 Å². The predicted molar refractivity (Wildman–Crippen MR) is 72.5 cm³/mol. The molecule has 0 fully saturated rings. The van der Waals surface area contributed by atoms with Crippen LogP contribution in [0.4, 0.5) is 13.6 Å². The van der Waals surface area contributed by atoms with Crippen LogP contribution in [0.3, 0.4) is 0 Å². The lowest BCUT2D eigenvalue weighted by Crippen LogP contribution is -2.40. The summed E-state index contributed by atoms with van der Waals surface area (Å²) in [6.45, 7) is -1.35. The molecule has 122 valence electrons. The zero-order valence-corrected chi connectivity index (χ0v) is 12.1. The van der Waals surface area contributed by atoms with E-state index in [1.54, 1.807) is 6.07 Å². The molecule has 0 aliphatic heterocycles. The number of pyridine rings is 1. The monoisotopic (exact) mass is 317 g/mol. The van der Waals surface area contributed by atoms with Gasteiger partial charge in [0.25, 0.3) is 0 Å². The molecule has 0 saturated carbocycles. The summed E-state index contributed by atoms with van der Waals surface area (Å²) in [6.07, 6.45) is 1.29. The molecule has 22 heavy (non-hydrogen) atoms. The Balaban J connectivity index is 2.51. The Morgan fingerprint density at radius 3 is 2.77 bits per heavy atom. The maximum atomic E-state index is 12.1. The van der Waals surface area contributed by atoms with E-state index in [9.17, 15) is 18.4 Å². The van der Waals surface area contributed by atoms with E-state index in [-0.39, 0.29) is 19.0 Å². The number of carboxylic acid groups (broad SMARTS) is 1. The summed E-state index contributed by atoms with van der Waals surface area (Å²) in [6, 6.07) is 2.35. The molecule has 2 amide bonds. The third kappa shape index (κ3) is 5.90. The molecule has 1 aromatic rings. The summed E-state index contributed by atoms with van der Waals surface area (Å²) in [5.41, 5.74) is 0.527. The summed E-state index contributed by atoms with van der Waals surface area (Å²) in [4.78, 5) is 27.4. The number of nitrogens with one attached hydrogen (secondary N) is 1. The molecule has 0 radical (unpaired) electrons. The molecule has 7 nitrogen and oxygen atoms in total. The van der Waals surface area contributed by atoms with Crippen LogP contribution in [0.2, 0.25) is 0 Å². The Morgan fingerprint density at radius 2 is 2.18 bits per heavy atom. The third-order valence-electron chi connectivity index (χ3n) is 2.77. The molecule has 0 aliphatic carbocycles. The van der Waals surface area contributed by atoms with E-state index >= 15 is 0 Å². The van der Waals surface area contributed by atoms with Crippen molar-refractivity contribution in [3.63, 3.8) is 0 Å². The van der Waals surface area contributed by atoms with Gasteiger partial charge in [0, 0.05) is 32.4 Å². The average Bonchev–Trinajstić information content (AvgIpc) is 2.44. The van der Waals surface area contributed by atoms with Crippen LogP contribution in [-0.2, 0) is 11.3 Å². The van der Waals surface area contributed by atoms with Crippen molar-refractivity contribution in [3.8, 4) is 5.88 Å². The van der Waals surface area contributed by atoms with Gasteiger partial charge in [0.05, 0.1) is 5.92 Å². The minimum atomic E-state index is -2.97. The van der Waals surface area contributed by atoms with Gasteiger partial charge in [-0.05, 0) is 11.6 Å². The summed E-state index contributed by atoms with van der Waals surface area (Å²) in [5, 5.41) is 11.3. The smallest absolute Gasteiger partial charge is 0.388 e. The normalized spacial score (nSPS) is 11.9. The van der Waals surface area contributed by atoms with Crippen molar-refractivity contribution in [3.05, 3.63) is 23.9 Å². The number of aromatic nitrogens is 1. The summed E-state index contributed by atoms with van der Waals surface area (Å²) in [5.74, 6) is -1.93. The first-order valence-electron chi connectivity index (χ1n) is 6.41. The largest absolute Gasteiger partial charge is 0.481 e. The molecule has 1 unspecified atom stereocenters. The number of halogens is 2. The van der Waals surface area contributed by atoms with E-state index in [4.69, 9.17) is 5.11 Å². The number of aliphatic carboxylic acids is 1. The number of hydrogen-bond acceptors (Lipinski definition) is 4. The van der Waals surface area contributed by atoms with Gasteiger partial charge in [-0.1, -0.05) is 6.92 Å². The first kappa shape index (κ1) is 17.6. The number of hydrogen-bond donors (Lipinski definition) is 2. The topological polar surface area (TPSA) is 91.8 Å². The molecule has 9 heteroatoms. The Labute approximate surface area is 125 Å². The van der Waals surface area contributed by atoms with E-state index in [0.29, 0.717) is 5.56 Å². The molecule has 0 aromatic carbocycles. The van der Waals surface area contributed by atoms with Crippen molar-refractivity contribution >= 4 is 12.0 Å². The fourth-order valence-corrected chi connectivity index (χ4v) is 1.60. The van der Waals surface area contributed by atoms with Crippen molar-refractivity contribution in [1.82, 2.24) is 15.2 Å². The number of carboxylic acids is 1. The zero-order chi connectivity index (χ0) is 16.7. The Morgan fingerprint density at radius 1 is 1.50 bits per heavy atom. The molecule has 1 heterocycles. The van der Waals surface area contributed by atoms with Gasteiger partial charge in [-0.15, -0.1) is 0 Å². The summed E-state index contributed by atoms with van der Waals surface area (Å²) >= 11 is 0. The molecule has 1 aromatic heterocycles. The van der Waals surface area contributed by atoms with Crippen molar-refractivity contribution < 1.29 is 28.2 Å². The standard InChI is InChI=1S/C13H17F2N3O4/c1-8(11(19)20)7-18(2)13(21)17-6-9-3-4-16-10(5-9)22-12(14)15/h3-5,8,12H,6-7H2,1-2H3,(H,17,21)(H,19,20). The molecule has 1 atom stereocenters. The molecule has 0 bridgehead atoms. The zero-order valence-electron chi connectivity index (χ0n) is 12.1. The van der Waals surface area contributed by atoms with Crippen LogP contribution in [0, 0.1) is 5.92 Å². The summed E-state index contributed by atoms with van der Waals surface area (Å²) in [7, 11) is 1.46. The van der Waals surface area contributed by atoms with E-state index < -0.39 is 24.5 Å². The lowest BCUT2D eigenvalue weighted by atomic mass is 10.2. The van der Waals surface area contributed by atoms with Crippen LogP contribution in [0.1, 0.15) is 12.5 Å². The highest BCUT2D eigenvalue weighted by Crippen LogP contribution is 2.12. The van der Waals surface area contributed by atoms with Crippen LogP contribution in [0.5, 0.6) is 5.88 Å². The fraction of sp³-hybridized carbons (Fsp3) is 0.462. The SMILES string of the molecule is CC(CN(C)C(=O)NCc1ccnc(OC(F)F)c1)C(=O)O. The first-order valence-corrected chi connectivity index (χ1v) is 6.41. The number of rotatable bonds is 7. The average molecular weight is 317 g/mol. The highest BCUT2D eigenvalue weighted by atomic mass is 19.3. The molecule has 0 spiro atoms. The maximum Gasteiger partial charge on any atom is 0.388 e. The predicted octanol–water partition coefficient (Wildman–Crippen LogP) is 1.55. The molecule has 2 N–H and O–H groups in total. The number of nitrogens with zero attached hydrogens (tertiary/aromatic N) is 2. The molecule has 0 aliphatic rings. The number of carbonyl (C=O) groups excluding carboxylic acids is 1. The van der Waals surface area contributed by atoms with Crippen molar-refractivity contribution in [2.75, 3.05) is 13.6 Å². The highest BCUT2D eigenvalue weighted by molar-refractivity contribution is 5.75. The van der Waals surface area contributed by atoms with Crippen LogP contribution in [0.15, 0.2) is 18.3 Å². The van der Waals surface area contributed by atoms with Crippen LogP contribution in [-0.4, -0.2) is 47.2 Å². The minimum absolute atomic E-state index is 0.0528. The Bertz CT molecular complexity index is 528. The van der Waals surface area contributed by atoms with Gasteiger partial charge in [-0.3, -0.25) is 4.79 Å². The first-order chi connectivity index (χ1) is 10.3. The lowest BCUT2D eigenvalue weighted by molar-refractivity contribution is -0.141. The number of urea groups is 1. The van der Waals surface area contributed by atoms with E-state index in [1.165, 1.54) is 31.1 Å². The highest BCUT2D eigenvalue weighted by Gasteiger charge is 2.17. The van der Waals surface area contributed by atoms with Gasteiger partial charge in [0.2, 0.25) is 5.88 Å². The van der Waals surface area contributed by atoms with Gasteiger partial charge < -0.3 is 20.1 Å². The third-order valence-corrected chi connectivity index (χ3v) is 2.77. The number of alkyl halides is 2. The van der Waals surface area contributed by atoms with Gasteiger partial charge in [-0.2, -0.15) is 8.78 Å². The van der Waals surface area contributed by atoms with Gasteiger partial charge in [-0.25, -0.2) is 9.78 Å².